The maximum absolute atomic E-state index is 4.67. The highest BCUT2D eigenvalue weighted by molar-refractivity contribution is 14.0. The Bertz CT molecular complexity index is 853. The highest BCUT2D eigenvalue weighted by Crippen LogP contribution is 2.22. The molecular weight excluding hydrogens is 463 g/mol. The molecule has 0 spiro atoms. The average Bonchev–Trinajstić information content (AvgIpc) is 3.35. The van der Waals surface area contributed by atoms with E-state index in [4.69, 9.17) is 0 Å². The molecular formula is C21H31IN6. The minimum Gasteiger partial charge on any atom is -0.361 e. The third-order valence-electron chi connectivity index (χ3n) is 4.67. The van der Waals surface area contributed by atoms with Crippen molar-refractivity contribution in [3.63, 3.8) is 0 Å². The van der Waals surface area contributed by atoms with Crippen molar-refractivity contribution in [2.24, 2.45) is 4.99 Å². The van der Waals surface area contributed by atoms with Crippen LogP contribution in [0.3, 0.4) is 0 Å². The summed E-state index contributed by atoms with van der Waals surface area (Å²) in [5.74, 6) is 0.882. The van der Waals surface area contributed by atoms with E-state index in [0.29, 0.717) is 0 Å². The Kier molecular flexibility index (Phi) is 9.33. The van der Waals surface area contributed by atoms with E-state index in [0.717, 1.165) is 51.4 Å². The minimum absolute atomic E-state index is 0. The van der Waals surface area contributed by atoms with Crippen LogP contribution in [0, 0.1) is 0 Å². The number of rotatable bonds is 9. The van der Waals surface area contributed by atoms with Crippen LogP contribution < -0.4 is 10.6 Å². The van der Waals surface area contributed by atoms with Crippen molar-refractivity contribution >= 4 is 40.8 Å². The predicted molar refractivity (Wildman–Crippen MR) is 128 cm³/mol. The molecule has 0 bridgehead atoms. The molecule has 2 aromatic heterocycles. The SMILES string of the molecule is CCNC(=NCCCn1cccn1)NCCc1c[nH]c2c(CC)cccc12.I. The summed E-state index contributed by atoms with van der Waals surface area (Å²) in [7, 11) is 0. The second kappa shape index (κ2) is 11.7. The lowest BCUT2D eigenvalue weighted by atomic mass is 10.1. The Balaban J connectivity index is 0.00000280. The van der Waals surface area contributed by atoms with Crippen molar-refractivity contribution < 1.29 is 0 Å². The molecule has 0 fully saturated rings. The van der Waals surface area contributed by atoms with E-state index in [1.54, 1.807) is 0 Å². The number of para-hydroxylation sites is 1. The van der Waals surface area contributed by atoms with Crippen LogP contribution in [0.1, 0.15) is 31.4 Å². The maximum atomic E-state index is 4.67. The molecule has 0 amide bonds. The van der Waals surface area contributed by atoms with E-state index in [2.05, 4.69) is 64.0 Å². The summed E-state index contributed by atoms with van der Waals surface area (Å²) < 4.78 is 1.94. The summed E-state index contributed by atoms with van der Waals surface area (Å²) in [4.78, 5) is 8.11. The monoisotopic (exact) mass is 494 g/mol. The second-order valence-electron chi connectivity index (χ2n) is 6.57. The Morgan fingerprint density at radius 2 is 2.07 bits per heavy atom. The van der Waals surface area contributed by atoms with Gasteiger partial charge in [0.15, 0.2) is 5.96 Å². The Morgan fingerprint density at radius 3 is 2.82 bits per heavy atom. The number of halogens is 1. The summed E-state index contributed by atoms with van der Waals surface area (Å²) in [5, 5.41) is 12.3. The number of aliphatic imine (C=N–C) groups is 1. The number of nitrogens with one attached hydrogen (secondary N) is 3. The van der Waals surface area contributed by atoms with Crippen molar-refractivity contribution in [1.29, 1.82) is 0 Å². The van der Waals surface area contributed by atoms with Crippen molar-refractivity contribution in [3.05, 3.63) is 54.0 Å². The van der Waals surface area contributed by atoms with Gasteiger partial charge in [0.05, 0.1) is 0 Å². The van der Waals surface area contributed by atoms with Crippen molar-refractivity contribution in [2.75, 3.05) is 19.6 Å². The van der Waals surface area contributed by atoms with Crippen LogP contribution in [-0.2, 0) is 19.4 Å². The van der Waals surface area contributed by atoms with Crippen LogP contribution in [0.2, 0.25) is 0 Å². The van der Waals surface area contributed by atoms with Gasteiger partial charge < -0.3 is 15.6 Å². The molecule has 1 aromatic carbocycles. The van der Waals surface area contributed by atoms with Gasteiger partial charge in [0, 0.05) is 55.7 Å². The molecule has 7 heteroatoms. The molecule has 0 aliphatic heterocycles. The van der Waals surface area contributed by atoms with E-state index in [9.17, 15) is 0 Å². The molecule has 0 aliphatic rings. The molecule has 2 heterocycles. The first-order chi connectivity index (χ1) is 13.3. The van der Waals surface area contributed by atoms with Crippen LogP contribution in [0.4, 0.5) is 0 Å². The van der Waals surface area contributed by atoms with Crippen molar-refractivity contribution in [2.45, 2.75) is 39.7 Å². The number of nitrogens with zero attached hydrogens (tertiary/aromatic N) is 3. The summed E-state index contributed by atoms with van der Waals surface area (Å²) in [5.41, 5.74) is 4.00. The lowest BCUT2D eigenvalue weighted by Gasteiger charge is -2.11. The van der Waals surface area contributed by atoms with E-state index >= 15 is 0 Å². The highest BCUT2D eigenvalue weighted by atomic mass is 127. The van der Waals surface area contributed by atoms with Crippen LogP contribution in [0.5, 0.6) is 0 Å². The molecule has 0 unspecified atom stereocenters. The summed E-state index contributed by atoms with van der Waals surface area (Å²) in [6.45, 7) is 7.68. The maximum Gasteiger partial charge on any atom is 0.191 e. The van der Waals surface area contributed by atoms with E-state index in [1.807, 2.05) is 23.1 Å². The van der Waals surface area contributed by atoms with Gasteiger partial charge in [-0.2, -0.15) is 5.10 Å². The van der Waals surface area contributed by atoms with Gasteiger partial charge in [0.25, 0.3) is 0 Å². The van der Waals surface area contributed by atoms with Crippen molar-refractivity contribution in [1.82, 2.24) is 25.4 Å². The number of benzene rings is 1. The molecule has 3 aromatic rings. The van der Waals surface area contributed by atoms with Gasteiger partial charge in [0.2, 0.25) is 0 Å². The largest absolute Gasteiger partial charge is 0.361 e. The lowest BCUT2D eigenvalue weighted by Crippen LogP contribution is -2.38. The van der Waals surface area contributed by atoms with Crippen LogP contribution in [0.25, 0.3) is 10.9 Å². The first-order valence-corrected chi connectivity index (χ1v) is 9.89. The molecule has 152 valence electrons. The van der Waals surface area contributed by atoms with Crippen LogP contribution in [0.15, 0.2) is 47.8 Å². The average molecular weight is 494 g/mol. The number of fused-ring (bicyclic) bond motifs is 1. The fourth-order valence-corrected chi connectivity index (χ4v) is 3.29. The Labute approximate surface area is 184 Å². The Hall–Kier alpha value is -2.03. The van der Waals surface area contributed by atoms with Gasteiger partial charge in [-0.3, -0.25) is 9.67 Å². The number of guanidine groups is 1. The third kappa shape index (κ3) is 5.98. The second-order valence-corrected chi connectivity index (χ2v) is 6.57. The summed E-state index contributed by atoms with van der Waals surface area (Å²) >= 11 is 0. The van der Waals surface area contributed by atoms with E-state index < -0.39 is 0 Å². The zero-order valence-electron chi connectivity index (χ0n) is 16.7. The van der Waals surface area contributed by atoms with E-state index in [-0.39, 0.29) is 24.0 Å². The quantitative estimate of drug-likeness (QED) is 0.184. The molecule has 3 N–H and O–H groups in total. The topological polar surface area (TPSA) is 70.0 Å². The van der Waals surface area contributed by atoms with Crippen LogP contribution >= 0.6 is 24.0 Å². The smallest absolute Gasteiger partial charge is 0.191 e. The van der Waals surface area contributed by atoms with Gasteiger partial charge in [0.1, 0.15) is 0 Å². The Morgan fingerprint density at radius 1 is 1.18 bits per heavy atom. The number of hydrogen-bond acceptors (Lipinski definition) is 2. The fraction of sp³-hybridized carbons (Fsp3) is 0.429. The highest BCUT2D eigenvalue weighted by Gasteiger charge is 2.06. The zero-order valence-corrected chi connectivity index (χ0v) is 19.1. The lowest BCUT2D eigenvalue weighted by molar-refractivity contribution is 0.584. The first-order valence-electron chi connectivity index (χ1n) is 9.89. The van der Waals surface area contributed by atoms with Gasteiger partial charge in [-0.1, -0.05) is 25.1 Å². The summed E-state index contributed by atoms with van der Waals surface area (Å²) in [6.07, 6.45) is 8.91. The zero-order chi connectivity index (χ0) is 18.9. The summed E-state index contributed by atoms with van der Waals surface area (Å²) in [6, 6.07) is 8.50. The van der Waals surface area contributed by atoms with Gasteiger partial charge in [-0.15, -0.1) is 24.0 Å². The van der Waals surface area contributed by atoms with Gasteiger partial charge in [-0.25, -0.2) is 0 Å². The number of aromatic amines is 1. The minimum atomic E-state index is 0. The molecule has 0 radical (unpaired) electrons. The number of H-pyrrole nitrogens is 1. The number of hydrogen-bond donors (Lipinski definition) is 3. The van der Waals surface area contributed by atoms with Gasteiger partial charge >= 0.3 is 0 Å². The van der Waals surface area contributed by atoms with Crippen LogP contribution in [-0.4, -0.2) is 40.4 Å². The standard InChI is InChI=1S/C21H30N6.HI/c1-3-17-8-5-9-19-18(16-25-20(17)19)10-13-24-21(22-4-2)23-11-6-14-27-15-7-12-26-27;/h5,7-9,12,15-16,25H,3-4,6,10-11,13-14H2,1-2H3,(H2,22,23,24);1H. The molecule has 3 rings (SSSR count). The van der Waals surface area contributed by atoms with Crippen molar-refractivity contribution in [3.8, 4) is 0 Å². The number of aryl methyl sites for hydroxylation is 2. The molecule has 0 atom stereocenters. The first kappa shape index (κ1) is 22.3. The fourth-order valence-electron chi connectivity index (χ4n) is 3.29. The molecule has 28 heavy (non-hydrogen) atoms. The number of aromatic nitrogens is 3. The molecule has 6 nitrogen and oxygen atoms in total. The van der Waals surface area contributed by atoms with E-state index in [1.165, 1.54) is 22.0 Å². The third-order valence-corrected chi connectivity index (χ3v) is 4.67. The van der Waals surface area contributed by atoms with Gasteiger partial charge in [-0.05, 0) is 43.4 Å². The molecule has 0 aliphatic carbocycles. The molecule has 0 saturated heterocycles. The normalized spacial score (nSPS) is 11.4. The molecule has 0 saturated carbocycles. The predicted octanol–water partition coefficient (Wildman–Crippen LogP) is 3.73.